The molecule has 0 aliphatic heterocycles. The Labute approximate surface area is 135 Å². The molecule has 0 saturated heterocycles. The molecule has 0 unspecified atom stereocenters. The number of rotatable bonds is 7. The van der Waals surface area contributed by atoms with Gasteiger partial charge in [-0.1, -0.05) is 13.3 Å². The second-order valence-corrected chi connectivity index (χ2v) is 5.77. The van der Waals surface area contributed by atoms with Crippen molar-refractivity contribution in [1.29, 1.82) is 0 Å². The first-order valence-corrected chi connectivity index (χ1v) is 7.66. The molecule has 0 fully saturated rings. The minimum absolute atomic E-state index is 0.0890. The van der Waals surface area contributed by atoms with Crippen LogP contribution in [0.3, 0.4) is 0 Å². The van der Waals surface area contributed by atoms with Gasteiger partial charge in [-0.3, -0.25) is 4.57 Å². The van der Waals surface area contributed by atoms with Crippen LogP contribution in [0, 0.1) is 0 Å². The number of amides is 2. The number of urea groups is 1. The second-order valence-electron chi connectivity index (χ2n) is 5.77. The fraction of sp³-hybridized carbons (Fsp3) is 0.438. The molecule has 0 spiro atoms. The molecule has 2 aromatic rings. The van der Waals surface area contributed by atoms with Crippen LogP contribution in [-0.2, 0) is 6.54 Å². The lowest BCUT2D eigenvalue weighted by molar-refractivity contribution is 0.163. The summed E-state index contributed by atoms with van der Waals surface area (Å²) in [5.41, 5.74) is 0.332. The van der Waals surface area contributed by atoms with Gasteiger partial charge in [-0.15, -0.1) is 0 Å². The zero-order chi connectivity index (χ0) is 16.7. The molecule has 124 valence electrons. The van der Waals surface area contributed by atoms with Crippen molar-refractivity contribution in [3.63, 3.8) is 0 Å². The number of nitrogens with zero attached hydrogens (tertiary/aromatic N) is 3. The highest BCUT2D eigenvalue weighted by atomic mass is 16.3. The molecule has 0 radical (unpaired) electrons. The quantitative estimate of drug-likeness (QED) is 0.723. The third-order valence-corrected chi connectivity index (χ3v) is 3.60. The molecule has 3 N–H and O–H groups in total. The van der Waals surface area contributed by atoms with Crippen LogP contribution >= 0.6 is 0 Å². The highest BCUT2D eigenvalue weighted by Gasteiger charge is 2.24. The Bertz CT molecular complexity index is 629. The molecular weight excluding hydrogens is 294 g/mol. The maximum absolute atomic E-state index is 12.0. The summed E-state index contributed by atoms with van der Waals surface area (Å²) in [7, 11) is 0. The Morgan fingerprint density at radius 1 is 1.43 bits per heavy atom. The van der Waals surface area contributed by atoms with Crippen LogP contribution in [0.15, 0.2) is 37.1 Å². The Hall–Kier alpha value is -2.41. The van der Waals surface area contributed by atoms with E-state index in [-0.39, 0.29) is 12.6 Å². The van der Waals surface area contributed by atoms with Crippen LogP contribution in [0.25, 0.3) is 5.82 Å². The summed E-state index contributed by atoms with van der Waals surface area (Å²) >= 11 is 0. The van der Waals surface area contributed by atoms with E-state index in [9.17, 15) is 9.90 Å². The minimum Gasteiger partial charge on any atom is -0.394 e. The number of aliphatic hydroxyl groups excluding tert-OH is 1. The summed E-state index contributed by atoms with van der Waals surface area (Å²) in [4.78, 5) is 20.3. The van der Waals surface area contributed by atoms with E-state index in [1.165, 1.54) is 0 Å². The third-order valence-electron chi connectivity index (χ3n) is 3.60. The van der Waals surface area contributed by atoms with Crippen molar-refractivity contribution in [2.24, 2.45) is 0 Å². The molecule has 2 heterocycles. The van der Waals surface area contributed by atoms with Crippen molar-refractivity contribution in [3.8, 4) is 5.82 Å². The van der Waals surface area contributed by atoms with E-state index in [2.05, 4.69) is 20.6 Å². The lowest BCUT2D eigenvalue weighted by Crippen LogP contribution is -2.52. The molecule has 0 saturated carbocycles. The molecule has 23 heavy (non-hydrogen) atoms. The number of pyridine rings is 1. The van der Waals surface area contributed by atoms with Crippen molar-refractivity contribution >= 4 is 6.03 Å². The fourth-order valence-electron chi connectivity index (χ4n) is 2.34. The maximum Gasteiger partial charge on any atom is 0.315 e. The summed E-state index contributed by atoms with van der Waals surface area (Å²) in [6.07, 6.45) is 8.46. The highest BCUT2D eigenvalue weighted by Crippen LogP contribution is 2.11. The van der Waals surface area contributed by atoms with Crippen LogP contribution in [0.5, 0.6) is 0 Å². The van der Waals surface area contributed by atoms with Gasteiger partial charge in [-0.25, -0.2) is 14.8 Å². The van der Waals surface area contributed by atoms with Crippen LogP contribution in [0.1, 0.15) is 32.3 Å². The van der Waals surface area contributed by atoms with Crippen molar-refractivity contribution in [2.45, 2.75) is 38.8 Å². The highest BCUT2D eigenvalue weighted by molar-refractivity contribution is 5.74. The number of nitrogens with one attached hydrogen (secondary N) is 2. The van der Waals surface area contributed by atoms with Gasteiger partial charge in [-0.2, -0.15) is 0 Å². The van der Waals surface area contributed by atoms with Crippen LogP contribution in [0.2, 0.25) is 0 Å². The normalized spacial score (nSPS) is 13.3. The van der Waals surface area contributed by atoms with Gasteiger partial charge in [0.2, 0.25) is 0 Å². The van der Waals surface area contributed by atoms with Gasteiger partial charge < -0.3 is 15.7 Å². The summed E-state index contributed by atoms with van der Waals surface area (Å²) in [5.74, 6) is 0.744. The molecule has 7 nitrogen and oxygen atoms in total. The van der Waals surface area contributed by atoms with Gasteiger partial charge in [0.25, 0.3) is 0 Å². The average Bonchev–Trinajstić information content (AvgIpc) is 3.08. The molecule has 0 bridgehead atoms. The van der Waals surface area contributed by atoms with Crippen molar-refractivity contribution in [1.82, 2.24) is 25.2 Å². The maximum atomic E-state index is 12.0. The molecule has 7 heteroatoms. The Morgan fingerprint density at radius 3 is 2.91 bits per heavy atom. The van der Waals surface area contributed by atoms with E-state index in [0.29, 0.717) is 6.54 Å². The minimum atomic E-state index is -0.598. The Morgan fingerprint density at radius 2 is 2.26 bits per heavy atom. The molecule has 2 aromatic heterocycles. The second kappa shape index (κ2) is 7.73. The largest absolute Gasteiger partial charge is 0.394 e. The molecule has 0 aliphatic carbocycles. The number of hydrogen-bond acceptors (Lipinski definition) is 4. The van der Waals surface area contributed by atoms with E-state index in [0.717, 1.165) is 24.2 Å². The summed E-state index contributed by atoms with van der Waals surface area (Å²) in [6.45, 7) is 4.14. The van der Waals surface area contributed by atoms with Crippen LogP contribution in [0.4, 0.5) is 4.79 Å². The van der Waals surface area contributed by atoms with Gasteiger partial charge in [0.05, 0.1) is 12.1 Å². The zero-order valence-corrected chi connectivity index (χ0v) is 13.5. The van der Waals surface area contributed by atoms with Crippen molar-refractivity contribution in [2.75, 3.05) is 6.61 Å². The summed E-state index contributed by atoms with van der Waals surface area (Å²) in [5, 5.41) is 15.1. The molecule has 0 aliphatic rings. The van der Waals surface area contributed by atoms with Gasteiger partial charge >= 0.3 is 6.03 Å². The zero-order valence-electron chi connectivity index (χ0n) is 13.5. The topological polar surface area (TPSA) is 92.1 Å². The molecule has 0 aromatic carbocycles. The number of hydrogen-bond donors (Lipinski definition) is 3. The van der Waals surface area contributed by atoms with E-state index in [1.807, 2.05) is 32.2 Å². The van der Waals surface area contributed by atoms with Crippen molar-refractivity contribution < 1.29 is 9.90 Å². The predicted molar refractivity (Wildman–Crippen MR) is 87.1 cm³/mol. The average molecular weight is 317 g/mol. The number of imidazole rings is 1. The van der Waals surface area contributed by atoms with Crippen LogP contribution < -0.4 is 10.6 Å². The summed E-state index contributed by atoms with van der Waals surface area (Å²) < 4.78 is 1.80. The smallest absolute Gasteiger partial charge is 0.315 e. The number of aromatic nitrogens is 3. The monoisotopic (exact) mass is 317 g/mol. The third kappa shape index (κ3) is 4.79. The van der Waals surface area contributed by atoms with Gasteiger partial charge in [-0.05, 0) is 31.0 Å². The van der Waals surface area contributed by atoms with E-state index in [4.69, 9.17) is 0 Å². The molecular formula is C16H23N5O2. The lowest BCUT2D eigenvalue weighted by atomic mass is 9.98. The van der Waals surface area contributed by atoms with Crippen molar-refractivity contribution in [3.05, 3.63) is 42.6 Å². The van der Waals surface area contributed by atoms with Crippen LogP contribution in [-0.4, -0.2) is 37.8 Å². The first-order valence-electron chi connectivity index (χ1n) is 7.66. The predicted octanol–water partition coefficient (Wildman–Crippen LogP) is 1.62. The standard InChI is InChI=1S/C16H23N5O2/c1-3-5-16(2,11-22)20-15(23)19-10-13-4-6-18-14(9-13)21-8-7-17-12-21/h4,6-9,12,22H,3,5,10-11H2,1-2H3,(H2,19,20,23)/t16-/m1/s1. The Kier molecular flexibility index (Phi) is 5.70. The lowest BCUT2D eigenvalue weighted by Gasteiger charge is -2.28. The Balaban J connectivity index is 1.93. The van der Waals surface area contributed by atoms with Gasteiger partial charge in [0, 0.05) is 25.1 Å². The van der Waals surface area contributed by atoms with Gasteiger partial charge in [0.15, 0.2) is 0 Å². The van der Waals surface area contributed by atoms with E-state index < -0.39 is 5.54 Å². The first-order chi connectivity index (χ1) is 11.1. The van der Waals surface area contributed by atoms with Gasteiger partial charge in [0.1, 0.15) is 12.1 Å². The number of carbonyl (C=O) groups is 1. The number of carbonyl (C=O) groups excluding carboxylic acids is 1. The molecule has 1 atom stereocenters. The first kappa shape index (κ1) is 17.0. The molecule has 2 amide bonds. The summed E-state index contributed by atoms with van der Waals surface area (Å²) in [6, 6.07) is 3.44. The fourth-order valence-corrected chi connectivity index (χ4v) is 2.34. The molecule has 2 rings (SSSR count). The number of aliphatic hydroxyl groups is 1. The van der Waals surface area contributed by atoms with E-state index >= 15 is 0 Å². The SMILES string of the molecule is CCC[C@](C)(CO)NC(=O)NCc1ccnc(-n2ccnc2)c1. The van der Waals surface area contributed by atoms with E-state index in [1.54, 1.807) is 23.3 Å².